The molecule has 1 atom stereocenters. The molecule has 1 aliphatic heterocycles. The Bertz CT molecular complexity index is 1360. The van der Waals surface area contributed by atoms with Gasteiger partial charge in [0.1, 0.15) is 22.9 Å². The number of furan rings is 1. The number of nitrogens with two attached hydrogens (primary N) is 1. The molecule has 0 saturated heterocycles. The number of aromatic nitrogens is 1. The van der Waals surface area contributed by atoms with Crippen molar-refractivity contribution < 1.29 is 28.3 Å². The zero-order valence-electron chi connectivity index (χ0n) is 18.9. The number of nitrogens with zero attached hydrogens (tertiary/aromatic N) is 2. The fraction of sp³-hybridized carbons (Fsp3) is 0.292. The Morgan fingerprint density at radius 2 is 2.06 bits per heavy atom. The lowest BCUT2D eigenvalue weighted by atomic mass is 10.0. The molecule has 2 aliphatic rings. The lowest BCUT2D eigenvalue weighted by Gasteiger charge is -2.21. The molecule has 0 radical (unpaired) electrons. The molecule has 1 aliphatic carbocycles. The van der Waals surface area contributed by atoms with Crippen LogP contribution in [0, 0.1) is 0 Å². The Hall–Kier alpha value is -4.41. The van der Waals surface area contributed by atoms with Crippen molar-refractivity contribution in [1.82, 2.24) is 20.5 Å². The van der Waals surface area contributed by atoms with Crippen LogP contribution >= 0.6 is 0 Å². The van der Waals surface area contributed by atoms with E-state index in [2.05, 4.69) is 15.6 Å². The predicted octanol–water partition coefficient (Wildman–Crippen LogP) is 1.66. The average Bonchev–Trinajstić information content (AvgIpc) is 3.45. The third-order valence-electron chi connectivity index (χ3n) is 6.07. The first kappa shape index (κ1) is 22.4. The molecule has 4 N–H and O–H groups in total. The number of nitrogens with one attached hydrogen (secondary N) is 2. The number of carbonyl (C=O) groups excluding carboxylic acids is 4. The van der Waals surface area contributed by atoms with Gasteiger partial charge in [0.05, 0.1) is 12.7 Å². The summed E-state index contributed by atoms with van der Waals surface area (Å²) in [5, 5.41) is 4.95. The third-order valence-corrected chi connectivity index (χ3v) is 6.07. The lowest BCUT2D eigenvalue weighted by molar-refractivity contribution is -0.122. The molecule has 1 saturated carbocycles. The van der Waals surface area contributed by atoms with Gasteiger partial charge in [-0.15, -0.1) is 0 Å². The summed E-state index contributed by atoms with van der Waals surface area (Å²) >= 11 is 0. The van der Waals surface area contributed by atoms with Gasteiger partial charge in [-0.25, -0.2) is 4.79 Å². The first-order valence-corrected chi connectivity index (χ1v) is 11.1. The van der Waals surface area contributed by atoms with E-state index < -0.39 is 17.9 Å². The van der Waals surface area contributed by atoms with Gasteiger partial charge in [0.2, 0.25) is 5.91 Å². The monoisotopic (exact) mass is 477 g/mol. The van der Waals surface area contributed by atoms with Crippen molar-refractivity contribution in [2.45, 2.75) is 31.3 Å². The summed E-state index contributed by atoms with van der Waals surface area (Å²) in [6.45, 7) is 0.215. The molecule has 0 bridgehead atoms. The van der Waals surface area contributed by atoms with Crippen molar-refractivity contribution in [2.75, 3.05) is 13.7 Å². The Morgan fingerprint density at radius 3 is 2.77 bits per heavy atom. The second-order valence-corrected chi connectivity index (χ2v) is 8.62. The molecule has 11 nitrogen and oxygen atoms in total. The molecule has 5 amide bonds. The summed E-state index contributed by atoms with van der Waals surface area (Å²) in [4.78, 5) is 55.4. The minimum absolute atomic E-state index is 0.0657. The van der Waals surface area contributed by atoms with Crippen LogP contribution in [0.3, 0.4) is 0 Å². The summed E-state index contributed by atoms with van der Waals surface area (Å²) in [5.74, 6) is -1.55. The maximum Gasteiger partial charge on any atom is 0.318 e. The van der Waals surface area contributed by atoms with Crippen molar-refractivity contribution in [3.63, 3.8) is 0 Å². The van der Waals surface area contributed by atoms with Crippen molar-refractivity contribution in [2.24, 2.45) is 5.73 Å². The number of rotatable bonds is 7. The minimum Gasteiger partial charge on any atom is -0.497 e. The molecular formula is C24H23N5O6. The predicted molar refractivity (Wildman–Crippen MR) is 123 cm³/mol. The number of ether oxygens (including phenoxy) is 1. The molecule has 5 rings (SSSR count). The molecule has 180 valence electrons. The second kappa shape index (κ2) is 8.75. The van der Waals surface area contributed by atoms with E-state index in [1.165, 1.54) is 18.2 Å². The number of methoxy groups -OCH3 is 1. The molecule has 11 heteroatoms. The number of primary amides is 1. The highest BCUT2D eigenvalue weighted by molar-refractivity contribution is 6.01. The van der Waals surface area contributed by atoms with Crippen LogP contribution in [0.25, 0.3) is 11.1 Å². The van der Waals surface area contributed by atoms with Crippen LogP contribution < -0.4 is 21.1 Å². The largest absolute Gasteiger partial charge is 0.497 e. The molecular weight excluding hydrogens is 454 g/mol. The van der Waals surface area contributed by atoms with E-state index in [1.54, 1.807) is 30.3 Å². The highest BCUT2D eigenvalue weighted by atomic mass is 16.5. The van der Waals surface area contributed by atoms with Crippen LogP contribution in [-0.4, -0.2) is 53.3 Å². The summed E-state index contributed by atoms with van der Waals surface area (Å²) in [7, 11) is 1.51. The van der Waals surface area contributed by atoms with Gasteiger partial charge in [-0.05, 0) is 36.6 Å². The van der Waals surface area contributed by atoms with Crippen molar-refractivity contribution >= 4 is 34.9 Å². The van der Waals surface area contributed by atoms with Gasteiger partial charge in [-0.3, -0.25) is 24.7 Å². The summed E-state index contributed by atoms with van der Waals surface area (Å²) in [6.07, 6.45) is 3.34. The zero-order chi connectivity index (χ0) is 24.7. The van der Waals surface area contributed by atoms with Gasteiger partial charge in [-0.2, -0.15) is 0 Å². The van der Waals surface area contributed by atoms with Gasteiger partial charge in [0.25, 0.3) is 11.8 Å². The quantitative estimate of drug-likeness (QED) is 0.467. The number of hydrogen-bond donors (Lipinski definition) is 3. The van der Waals surface area contributed by atoms with Gasteiger partial charge in [-0.1, -0.05) is 6.07 Å². The van der Waals surface area contributed by atoms with E-state index in [9.17, 15) is 19.2 Å². The van der Waals surface area contributed by atoms with E-state index in [-0.39, 0.29) is 36.7 Å². The third kappa shape index (κ3) is 4.52. The van der Waals surface area contributed by atoms with Crippen LogP contribution in [0.4, 0.5) is 4.79 Å². The fourth-order valence-corrected chi connectivity index (χ4v) is 4.07. The van der Waals surface area contributed by atoms with Crippen LogP contribution in [0.2, 0.25) is 0 Å². The molecule has 0 spiro atoms. The fourth-order valence-electron chi connectivity index (χ4n) is 4.07. The smallest absolute Gasteiger partial charge is 0.318 e. The number of amides is 5. The first-order chi connectivity index (χ1) is 16.8. The number of hydrogen-bond acceptors (Lipinski definition) is 7. The number of benzene rings is 1. The highest BCUT2D eigenvalue weighted by Crippen LogP contribution is 2.31. The van der Waals surface area contributed by atoms with E-state index in [4.69, 9.17) is 14.9 Å². The van der Waals surface area contributed by atoms with Gasteiger partial charge in [0, 0.05) is 37.0 Å². The number of imide groups is 1. The Morgan fingerprint density at radius 1 is 1.26 bits per heavy atom. The number of fused-ring (bicyclic) bond motifs is 2. The standard InChI is InChI=1S/C24H23N5O6/c1-34-15-5-2-12-10-29(23(32)16(12)7-15)11-17(22(31)28-24(25)33)19-8-18-20(35-19)6-13(9-26-18)21(30)27-14-3-4-14/h2,5-9,14,17H,3-4,10-11H2,1H3,(H,27,30)(H3,25,28,31,33). The minimum atomic E-state index is -1.04. The molecule has 3 aromatic rings. The van der Waals surface area contributed by atoms with Crippen LogP contribution in [0.15, 0.2) is 40.9 Å². The summed E-state index contributed by atoms with van der Waals surface area (Å²) in [6, 6.07) is 7.48. The number of pyridine rings is 1. The van der Waals surface area contributed by atoms with Crippen LogP contribution in [0.1, 0.15) is 50.8 Å². The van der Waals surface area contributed by atoms with Gasteiger partial charge in [0.15, 0.2) is 5.58 Å². The molecule has 1 aromatic carbocycles. The van der Waals surface area contributed by atoms with Gasteiger partial charge >= 0.3 is 6.03 Å². The number of urea groups is 1. The average molecular weight is 477 g/mol. The molecule has 2 aromatic heterocycles. The first-order valence-electron chi connectivity index (χ1n) is 11.1. The van der Waals surface area contributed by atoms with E-state index in [0.717, 1.165) is 18.4 Å². The maximum absolute atomic E-state index is 13.0. The second-order valence-electron chi connectivity index (χ2n) is 8.62. The Kier molecular flexibility index (Phi) is 5.59. The van der Waals surface area contributed by atoms with E-state index in [0.29, 0.717) is 28.0 Å². The number of carbonyl (C=O) groups is 4. The van der Waals surface area contributed by atoms with Crippen LogP contribution in [-0.2, 0) is 11.3 Å². The normalized spacial score (nSPS) is 15.6. The summed E-state index contributed by atoms with van der Waals surface area (Å²) in [5.41, 5.74) is 7.52. The van der Waals surface area contributed by atoms with E-state index in [1.807, 2.05) is 0 Å². The topological polar surface area (TPSA) is 157 Å². The highest BCUT2D eigenvalue weighted by Gasteiger charge is 2.34. The lowest BCUT2D eigenvalue weighted by Crippen LogP contribution is -2.42. The van der Waals surface area contributed by atoms with Crippen molar-refractivity contribution in [3.8, 4) is 5.75 Å². The Balaban J connectivity index is 1.43. The van der Waals surface area contributed by atoms with Crippen molar-refractivity contribution in [1.29, 1.82) is 0 Å². The zero-order valence-corrected chi connectivity index (χ0v) is 18.9. The SMILES string of the molecule is COc1ccc2c(c1)C(=O)N(CC(C(=O)NC(N)=O)c1cc3ncc(C(=O)NC4CC4)cc3o1)C2. The molecule has 1 unspecified atom stereocenters. The summed E-state index contributed by atoms with van der Waals surface area (Å²) < 4.78 is 11.1. The van der Waals surface area contributed by atoms with Gasteiger partial charge < -0.3 is 25.1 Å². The van der Waals surface area contributed by atoms with Crippen LogP contribution in [0.5, 0.6) is 5.75 Å². The van der Waals surface area contributed by atoms with E-state index >= 15 is 0 Å². The maximum atomic E-state index is 13.0. The molecule has 35 heavy (non-hydrogen) atoms. The molecule has 1 fully saturated rings. The Labute approximate surface area is 199 Å². The van der Waals surface area contributed by atoms with Crippen molar-refractivity contribution in [3.05, 3.63) is 59.0 Å². The molecule has 3 heterocycles.